The Labute approximate surface area is 157 Å². The monoisotopic (exact) mass is 369 g/mol. The number of carbonyl (C=O) groups excluding carboxylic acids is 2. The van der Waals surface area contributed by atoms with Crippen molar-refractivity contribution in [2.75, 3.05) is 6.61 Å². The molecule has 0 atom stereocenters. The molecule has 3 rings (SSSR count). The van der Waals surface area contributed by atoms with Crippen LogP contribution in [0.4, 0.5) is 0 Å². The van der Waals surface area contributed by atoms with Crippen LogP contribution < -0.4 is 0 Å². The second-order valence-electron chi connectivity index (χ2n) is 6.52. The van der Waals surface area contributed by atoms with Crippen molar-refractivity contribution in [2.45, 2.75) is 47.6 Å². The molecule has 0 amide bonds. The van der Waals surface area contributed by atoms with Gasteiger partial charge in [0.1, 0.15) is 6.33 Å². The van der Waals surface area contributed by atoms with E-state index < -0.39 is 5.97 Å². The first-order valence-corrected chi connectivity index (χ1v) is 8.84. The quantitative estimate of drug-likeness (QED) is 0.488. The number of aromatic nitrogens is 5. The Hall–Kier alpha value is -3.03. The number of rotatable bonds is 6. The van der Waals surface area contributed by atoms with Gasteiger partial charge in [0.2, 0.25) is 5.78 Å². The van der Waals surface area contributed by atoms with E-state index in [-0.39, 0.29) is 18.8 Å². The van der Waals surface area contributed by atoms with Crippen molar-refractivity contribution in [1.29, 1.82) is 0 Å². The molecule has 0 aliphatic carbocycles. The third-order valence-corrected chi connectivity index (χ3v) is 4.86. The largest absolute Gasteiger partial charge is 0.457 e. The van der Waals surface area contributed by atoms with Gasteiger partial charge in [-0.15, -0.1) is 0 Å². The summed E-state index contributed by atoms with van der Waals surface area (Å²) in [7, 11) is 0. The van der Waals surface area contributed by atoms with Gasteiger partial charge in [0.15, 0.2) is 6.61 Å². The summed E-state index contributed by atoms with van der Waals surface area (Å²) in [6.07, 6.45) is 1.45. The van der Waals surface area contributed by atoms with Crippen molar-refractivity contribution in [1.82, 2.24) is 24.1 Å². The van der Waals surface area contributed by atoms with E-state index in [1.54, 1.807) is 4.52 Å². The van der Waals surface area contributed by atoms with E-state index in [1.807, 2.05) is 40.7 Å². The summed E-state index contributed by atoms with van der Waals surface area (Å²) in [6.45, 7) is 10.1. The minimum atomic E-state index is -0.472. The molecule has 0 aliphatic heterocycles. The molecule has 3 aromatic heterocycles. The number of ketones is 1. The van der Waals surface area contributed by atoms with Crippen LogP contribution in [0.3, 0.4) is 0 Å². The molecule has 0 saturated heterocycles. The molecule has 0 saturated carbocycles. The van der Waals surface area contributed by atoms with Crippen molar-refractivity contribution >= 4 is 17.5 Å². The predicted molar refractivity (Wildman–Crippen MR) is 98.8 cm³/mol. The van der Waals surface area contributed by atoms with Crippen molar-refractivity contribution in [2.24, 2.45) is 0 Å². The van der Waals surface area contributed by atoms with Crippen LogP contribution >= 0.6 is 0 Å². The summed E-state index contributed by atoms with van der Waals surface area (Å²) >= 11 is 0. The number of nitrogens with zero attached hydrogens (tertiary/aromatic N) is 5. The van der Waals surface area contributed by atoms with Gasteiger partial charge < -0.3 is 9.30 Å². The molecule has 0 unspecified atom stereocenters. The maximum absolute atomic E-state index is 12.5. The lowest BCUT2D eigenvalue weighted by molar-refractivity contribution is -0.141. The zero-order chi connectivity index (χ0) is 19.7. The van der Waals surface area contributed by atoms with Gasteiger partial charge in [0.25, 0.3) is 5.78 Å². The molecule has 8 heteroatoms. The number of carbonyl (C=O) groups is 2. The van der Waals surface area contributed by atoms with E-state index in [4.69, 9.17) is 4.74 Å². The highest BCUT2D eigenvalue weighted by molar-refractivity contribution is 5.99. The van der Waals surface area contributed by atoms with Gasteiger partial charge in [-0.1, -0.05) is 0 Å². The molecule has 0 radical (unpaired) electrons. The Balaban J connectivity index is 1.69. The number of ether oxygens (including phenoxy) is 1. The first kappa shape index (κ1) is 18.8. The number of hydrogen-bond acceptors (Lipinski definition) is 6. The topological polar surface area (TPSA) is 91.4 Å². The van der Waals surface area contributed by atoms with Crippen LogP contribution in [0.1, 0.15) is 45.6 Å². The van der Waals surface area contributed by atoms with Gasteiger partial charge in [-0.2, -0.15) is 10.1 Å². The third-order valence-electron chi connectivity index (χ3n) is 4.86. The highest BCUT2D eigenvalue weighted by Gasteiger charge is 2.19. The molecule has 0 N–H and O–H groups in total. The fourth-order valence-electron chi connectivity index (χ4n) is 3.40. The maximum atomic E-state index is 12.5. The van der Waals surface area contributed by atoms with Crippen LogP contribution in [0.15, 0.2) is 12.4 Å². The Kier molecular flexibility index (Phi) is 5.07. The first-order valence-electron chi connectivity index (χ1n) is 8.84. The normalized spacial score (nSPS) is 11.1. The number of fused-ring (bicyclic) bond motifs is 1. The summed E-state index contributed by atoms with van der Waals surface area (Å²) in [6, 6.07) is 1.84. The van der Waals surface area contributed by atoms with Crippen LogP contribution in [-0.2, 0) is 22.5 Å². The van der Waals surface area contributed by atoms with Crippen LogP contribution in [0.2, 0.25) is 0 Å². The van der Waals surface area contributed by atoms with Gasteiger partial charge in [-0.25, -0.2) is 9.50 Å². The number of aryl methyl sites for hydroxylation is 3. The summed E-state index contributed by atoms with van der Waals surface area (Å²) in [5, 5.41) is 4.10. The molecule has 3 heterocycles. The zero-order valence-corrected chi connectivity index (χ0v) is 16.2. The van der Waals surface area contributed by atoms with Gasteiger partial charge in [0.05, 0.1) is 6.42 Å². The smallest absolute Gasteiger partial charge is 0.310 e. The Morgan fingerprint density at radius 2 is 1.89 bits per heavy atom. The van der Waals surface area contributed by atoms with Crippen molar-refractivity contribution in [3.8, 4) is 0 Å². The predicted octanol–water partition coefficient (Wildman–Crippen LogP) is 2.15. The molecular weight excluding hydrogens is 346 g/mol. The SMILES string of the molecule is CCn1c(C)cc(C(=O)COC(=O)Cc2c(C)nc3ncnn3c2C)c1C. The lowest BCUT2D eigenvalue weighted by Crippen LogP contribution is -2.18. The Morgan fingerprint density at radius 3 is 2.56 bits per heavy atom. The molecule has 3 aromatic rings. The lowest BCUT2D eigenvalue weighted by atomic mass is 10.1. The van der Waals surface area contributed by atoms with Gasteiger partial charge in [-0.05, 0) is 40.7 Å². The maximum Gasteiger partial charge on any atom is 0.310 e. The number of esters is 1. The van der Waals surface area contributed by atoms with E-state index in [0.717, 1.165) is 29.2 Å². The summed E-state index contributed by atoms with van der Waals surface area (Å²) in [5.41, 5.74) is 4.72. The van der Waals surface area contributed by atoms with Gasteiger partial charge >= 0.3 is 5.97 Å². The second kappa shape index (κ2) is 7.30. The number of hydrogen-bond donors (Lipinski definition) is 0. The van der Waals surface area contributed by atoms with Crippen LogP contribution in [-0.4, -0.2) is 42.5 Å². The summed E-state index contributed by atoms with van der Waals surface area (Å²) in [4.78, 5) is 33.1. The van der Waals surface area contributed by atoms with Crippen LogP contribution in [0.25, 0.3) is 5.78 Å². The van der Waals surface area contributed by atoms with E-state index >= 15 is 0 Å². The lowest BCUT2D eigenvalue weighted by Gasteiger charge is -2.10. The molecule has 0 spiro atoms. The Morgan fingerprint density at radius 1 is 1.15 bits per heavy atom. The second-order valence-corrected chi connectivity index (χ2v) is 6.52. The van der Waals surface area contributed by atoms with E-state index in [9.17, 15) is 9.59 Å². The molecule has 27 heavy (non-hydrogen) atoms. The van der Waals surface area contributed by atoms with E-state index in [1.165, 1.54) is 6.33 Å². The molecule has 142 valence electrons. The molecular formula is C19H23N5O3. The minimum absolute atomic E-state index is 0.0295. The molecule has 0 aromatic carbocycles. The van der Waals surface area contributed by atoms with Crippen LogP contribution in [0, 0.1) is 27.7 Å². The standard InChI is InChI=1S/C19H23N5O3/c1-6-23-11(2)7-16(13(23)4)17(25)9-27-18(26)8-15-12(3)22-19-20-10-21-24(19)14(15)5/h7,10H,6,8-9H2,1-5H3. The summed E-state index contributed by atoms with van der Waals surface area (Å²) < 4.78 is 8.87. The first-order chi connectivity index (χ1) is 12.8. The minimum Gasteiger partial charge on any atom is -0.457 e. The summed E-state index contributed by atoms with van der Waals surface area (Å²) in [5.74, 6) is -0.182. The van der Waals surface area contributed by atoms with Gasteiger partial charge in [-0.3, -0.25) is 9.59 Å². The van der Waals surface area contributed by atoms with Crippen LogP contribution in [0.5, 0.6) is 0 Å². The van der Waals surface area contributed by atoms with Crippen molar-refractivity contribution < 1.29 is 14.3 Å². The molecule has 0 fully saturated rings. The highest BCUT2D eigenvalue weighted by atomic mass is 16.5. The average molecular weight is 369 g/mol. The third kappa shape index (κ3) is 3.47. The van der Waals surface area contributed by atoms with E-state index in [0.29, 0.717) is 17.0 Å². The molecule has 0 aliphatic rings. The van der Waals surface area contributed by atoms with Crippen molar-refractivity contribution in [3.05, 3.63) is 46.3 Å². The van der Waals surface area contributed by atoms with E-state index in [2.05, 4.69) is 19.6 Å². The fourth-order valence-corrected chi connectivity index (χ4v) is 3.40. The zero-order valence-electron chi connectivity index (χ0n) is 16.2. The average Bonchev–Trinajstić information content (AvgIpc) is 3.20. The van der Waals surface area contributed by atoms with Gasteiger partial charge in [0, 0.05) is 40.4 Å². The number of Topliss-reactive ketones (excluding diaryl/α,β-unsaturated/α-hetero) is 1. The Bertz CT molecular complexity index is 1030. The highest BCUT2D eigenvalue weighted by Crippen LogP contribution is 2.17. The van der Waals surface area contributed by atoms with Crippen molar-refractivity contribution in [3.63, 3.8) is 0 Å². The molecule has 8 nitrogen and oxygen atoms in total. The molecule has 0 bridgehead atoms. The fraction of sp³-hybridized carbons (Fsp3) is 0.421.